The van der Waals surface area contributed by atoms with Gasteiger partial charge in [-0.05, 0) is 30.5 Å². The fourth-order valence-electron chi connectivity index (χ4n) is 3.61. The maximum atomic E-state index is 4.76. The number of nitrogens with one attached hydrogen (secondary N) is 2. The average Bonchev–Trinajstić information content (AvgIpc) is 3.27. The van der Waals surface area contributed by atoms with E-state index in [1.165, 1.54) is 24.2 Å². The molecule has 3 rings (SSSR count). The van der Waals surface area contributed by atoms with Crippen LogP contribution in [0.4, 0.5) is 0 Å². The van der Waals surface area contributed by atoms with E-state index in [2.05, 4.69) is 77.8 Å². The summed E-state index contributed by atoms with van der Waals surface area (Å²) in [6.07, 6.45) is 0. The SMILES string of the molecule is CCNC(=NCc1ccc(CN2CCN(CC)CC2)cc1)NCc1nc(C(C)C)cs1. The number of piperazine rings is 1. The lowest BCUT2D eigenvalue weighted by molar-refractivity contribution is 0.132. The molecule has 1 aromatic carbocycles. The highest BCUT2D eigenvalue weighted by molar-refractivity contribution is 7.09. The molecule has 0 amide bonds. The van der Waals surface area contributed by atoms with Crippen LogP contribution in [0.25, 0.3) is 0 Å². The Morgan fingerprint density at radius 1 is 1.03 bits per heavy atom. The van der Waals surface area contributed by atoms with E-state index in [4.69, 9.17) is 9.98 Å². The fourth-order valence-corrected chi connectivity index (χ4v) is 4.51. The monoisotopic (exact) mass is 442 g/mol. The third kappa shape index (κ3) is 7.59. The quantitative estimate of drug-likeness (QED) is 0.459. The van der Waals surface area contributed by atoms with Crippen LogP contribution in [0, 0.1) is 0 Å². The zero-order chi connectivity index (χ0) is 22.1. The Morgan fingerprint density at radius 2 is 1.71 bits per heavy atom. The Labute approximate surface area is 191 Å². The molecule has 6 nitrogen and oxygen atoms in total. The average molecular weight is 443 g/mol. The first kappa shape index (κ1) is 23.7. The van der Waals surface area contributed by atoms with E-state index >= 15 is 0 Å². The summed E-state index contributed by atoms with van der Waals surface area (Å²) in [7, 11) is 0. The largest absolute Gasteiger partial charge is 0.357 e. The highest BCUT2D eigenvalue weighted by atomic mass is 32.1. The van der Waals surface area contributed by atoms with E-state index in [0.717, 1.165) is 49.4 Å². The number of hydrogen-bond donors (Lipinski definition) is 2. The van der Waals surface area contributed by atoms with Gasteiger partial charge in [0.2, 0.25) is 0 Å². The van der Waals surface area contributed by atoms with E-state index in [1.54, 1.807) is 11.3 Å². The predicted molar refractivity (Wildman–Crippen MR) is 132 cm³/mol. The summed E-state index contributed by atoms with van der Waals surface area (Å²) in [5.41, 5.74) is 3.77. The van der Waals surface area contributed by atoms with E-state index in [0.29, 0.717) is 19.0 Å². The second-order valence-corrected chi connectivity index (χ2v) is 9.34. The van der Waals surface area contributed by atoms with Crippen LogP contribution in [0.3, 0.4) is 0 Å². The van der Waals surface area contributed by atoms with Crippen molar-refractivity contribution in [1.29, 1.82) is 0 Å². The van der Waals surface area contributed by atoms with Crippen molar-refractivity contribution >= 4 is 17.3 Å². The fraction of sp³-hybridized carbons (Fsp3) is 0.583. The lowest BCUT2D eigenvalue weighted by Gasteiger charge is -2.34. The summed E-state index contributed by atoms with van der Waals surface area (Å²) >= 11 is 1.71. The molecular formula is C24H38N6S. The number of benzene rings is 1. The Morgan fingerprint density at radius 3 is 2.32 bits per heavy atom. The lowest BCUT2D eigenvalue weighted by atomic mass is 10.1. The molecular weight excluding hydrogens is 404 g/mol. The topological polar surface area (TPSA) is 55.8 Å². The van der Waals surface area contributed by atoms with Gasteiger partial charge in [-0.25, -0.2) is 9.98 Å². The zero-order valence-electron chi connectivity index (χ0n) is 19.5. The molecule has 0 spiro atoms. The van der Waals surface area contributed by atoms with Gasteiger partial charge in [-0.15, -0.1) is 11.3 Å². The number of guanidine groups is 1. The van der Waals surface area contributed by atoms with Gasteiger partial charge in [-0.2, -0.15) is 0 Å². The summed E-state index contributed by atoms with van der Waals surface area (Å²) in [5.74, 6) is 1.30. The standard InChI is InChI=1S/C24H38N6S/c1-5-25-24(27-16-23-28-22(18-31-23)19(3)4)26-15-20-7-9-21(10-8-20)17-30-13-11-29(6-2)12-14-30/h7-10,18-19H,5-6,11-17H2,1-4H3,(H2,25,26,27). The Kier molecular flexibility index (Phi) is 9.31. The van der Waals surface area contributed by atoms with Gasteiger partial charge < -0.3 is 15.5 Å². The van der Waals surface area contributed by atoms with Crippen LogP contribution in [-0.2, 0) is 19.6 Å². The van der Waals surface area contributed by atoms with Crippen molar-refractivity contribution in [1.82, 2.24) is 25.4 Å². The van der Waals surface area contributed by atoms with Gasteiger partial charge in [0.05, 0.1) is 18.8 Å². The highest BCUT2D eigenvalue weighted by Crippen LogP contribution is 2.17. The molecule has 1 aliphatic heterocycles. The van der Waals surface area contributed by atoms with Crippen molar-refractivity contribution in [3.8, 4) is 0 Å². The molecule has 0 unspecified atom stereocenters. The Balaban J connectivity index is 1.49. The maximum Gasteiger partial charge on any atom is 0.191 e. The molecule has 0 bridgehead atoms. The van der Waals surface area contributed by atoms with Crippen LogP contribution >= 0.6 is 11.3 Å². The molecule has 2 N–H and O–H groups in total. The Bertz CT molecular complexity index is 806. The van der Waals surface area contributed by atoms with E-state index in [9.17, 15) is 0 Å². The molecule has 0 atom stereocenters. The van der Waals surface area contributed by atoms with Gasteiger partial charge in [0.1, 0.15) is 5.01 Å². The van der Waals surface area contributed by atoms with Crippen molar-refractivity contribution in [2.45, 2.75) is 53.2 Å². The first-order valence-corrected chi connectivity index (χ1v) is 12.4. The van der Waals surface area contributed by atoms with Crippen LogP contribution in [-0.4, -0.2) is 60.0 Å². The summed E-state index contributed by atoms with van der Waals surface area (Å²) in [5, 5.41) is 9.99. The maximum absolute atomic E-state index is 4.76. The second-order valence-electron chi connectivity index (χ2n) is 8.40. The van der Waals surface area contributed by atoms with Crippen LogP contribution in [0.1, 0.15) is 55.4 Å². The summed E-state index contributed by atoms with van der Waals surface area (Å²) in [6, 6.07) is 8.92. The smallest absolute Gasteiger partial charge is 0.191 e. The van der Waals surface area contributed by atoms with Gasteiger partial charge in [0.25, 0.3) is 0 Å². The number of nitrogens with zero attached hydrogens (tertiary/aromatic N) is 4. The van der Waals surface area contributed by atoms with Crippen LogP contribution in [0.5, 0.6) is 0 Å². The third-order valence-electron chi connectivity index (χ3n) is 5.67. The zero-order valence-corrected chi connectivity index (χ0v) is 20.3. The van der Waals surface area contributed by atoms with Crippen LogP contribution in [0.2, 0.25) is 0 Å². The normalized spacial score (nSPS) is 16.1. The number of rotatable bonds is 9. The second kappa shape index (κ2) is 12.2. The third-order valence-corrected chi connectivity index (χ3v) is 6.54. The number of thiazole rings is 1. The molecule has 0 saturated carbocycles. The minimum atomic E-state index is 0.468. The summed E-state index contributed by atoms with van der Waals surface area (Å²) < 4.78 is 0. The first-order valence-electron chi connectivity index (χ1n) is 11.6. The molecule has 170 valence electrons. The van der Waals surface area contributed by atoms with Crippen molar-refractivity contribution in [2.75, 3.05) is 39.3 Å². The van der Waals surface area contributed by atoms with Crippen molar-refractivity contribution in [3.63, 3.8) is 0 Å². The minimum Gasteiger partial charge on any atom is -0.357 e. The van der Waals surface area contributed by atoms with E-state index in [1.807, 2.05) is 0 Å². The molecule has 1 saturated heterocycles. The van der Waals surface area contributed by atoms with Crippen molar-refractivity contribution in [2.24, 2.45) is 4.99 Å². The number of aliphatic imine (C=N–C) groups is 1. The molecule has 1 aliphatic rings. The number of likely N-dealkylation sites (N-methyl/N-ethyl adjacent to an activating group) is 1. The van der Waals surface area contributed by atoms with Crippen LogP contribution in [0.15, 0.2) is 34.6 Å². The van der Waals surface area contributed by atoms with Gasteiger partial charge in [0, 0.05) is 44.6 Å². The van der Waals surface area contributed by atoms with Crippen LogP contribution < -0.4 is 10.6 Å². The lowest BCUT2D eigenvalue weighted by Crippen LogP contribution is -2.45. The Hall–Kier alpha value is -1.96. The molecule has 7 heteroatoms. The van der Waals surface area contributed by atoms with Gasteiger partial charge >= 0.3 is 0 Å². The molecule has 1 aromatic heterocycles. The molecule has 0 aliphatic carbocycles. The summed E-state index contributed by atoms with van der Waals surface area (Å²) in [6.45, 7) is 17.8. The van der Waals surface area contributed by atoms with E-state index < -0.39 is 0 Å². The molecule has 2 heterocycles. The van der Waals surface area contributed by atoms with Crippen molar-refractivity contribution < 1.29 is 0 Å². The number of hydrogen-bond acceptors (Lipinski definition) is 5. The first-order chi connectivity index (χ1) is 15.1. The predicted octanol–water partition coefficient (Wildman–Crippen LogP) is 3.66. The molecule has 1 fully saturated rings. The van der Waals surface area contributed by atoms with Crippen molar-refractivity contribution in [3.05, 3.63) is 51.5 Å². The molecule has 0 radical (unpaired) electrons. The molecule has 31 heavy (non-hydrogen) atoms. The number of aromatic nitrogens is 1. The van der Waals surface area contributed by atoms with Gasteiger partial charge in [-0.3, -0.25) is 4.90 Å². The molecule has 2 aromatic rings. The summed E-state index contributed by atoms with van der Waals surface area (Å²) in [4.78, 5) is 14.5. The van der Waals surface area contributed by atoms with E-state index in [-0.39, 0.29) is 0 Å². The minimum absolute atomic E-state index is 0.468. The van der Waals surface area contributed by atoms with Gasteiger partial charge in [0.15, 0.2) is 5.96 Å². The highest BCUT2D eigenvalue weighted by Gasteiger charge is 2.15. The van der Waals surface area contributed by atoms with Gasteiger partial charge in [-0.1, -0.05) is 45.0 Å².